The number of rotatable bonds is 8. The van der Waals surface area contributed by atoms with Gasteiger partial charge in [-0.3, -0.25) is 0 Å². The van der Waals surface area contributed by atoms with Crippen molar-refractivity contribution < 1.29 is 0 Å². The van der Waals surface area contributed by atoms with Gasteiger partial charge in [-0.25, -0.2) is 4.98 Å². The summed E-state index contributed by atoms with van der Waals surface area (Å²) >= 11 is 0. The van der Waals surface area contributed by atoms with Gasteiger partial charge in [0.25, 0.3) is 0 Å². The highest BCUT2D eigenvalue weighted by atomic mass is 15.1. The number of anilines is 2. The Morgan fingerprint density at radius 3 is 2.67 bits per heavy atom. The van der Waals surface area contributed by atoms with E-state index in [4.69, 9.17) is 0 Å². The van der Waals surface area contributed by atoms with E-state index in [-0.39, 0.29) is 0 Å². The predicted molar refractivity (Wildman–Crippen MR) is 90.9 cm³/mol. The van der Waals surface area contributed by atoms with Crippen molar-refractivity contribution in [2.24, 2.45) is 0 Å². The first-order valence-corrected chi connectivity index (χ1v) is 8.01. The van der Waals surface area contributed by atoms with Crippen LogP contribution in [-0.2, 0) is 0 Å². The predicted octanol–water partition coefficient (Wildman–Crippen LogP) is 4.44. The van der Waals surface area contributed by atoms with Crippen LogP contribution < -0.4 is 10.6 Å². The van der Waals surface area contributed by atoms with Gasteiger partial charge in [-0.2, -0.15) is 4.98 Å². The molecule has 1 atom stereocenters. The Balaban J connectivity index is 2.20. The van der Waals surface area contributed by atoms with Gasteiger partial charge in [0, 0.05) is 18.0 Å². The van der Waals surface area contributed by atoms with Crippen molar-refractivity contribution in [1.82, 2.24) is 9.97 Å². The molecule has 0 fully saturated rings. The number of fused-ring (bicyclic) bond motifs is 1. The Bertz CT molecular complexity index is 568. The van der Waals surface area contributed by atoms with Gasteiger partial charge in [0.15, 0.2) is 0 Å². The average Bonchev–Trinajstić information content (AvgIpc) is 2.48. The Kier molecular flexibility index (Phi) is 5.78. The molecule has 114 valence electrons. The molecule has 1 aromatic carbocycles. The summed E-state index contributed by atoms with van der Waals surface area (Å²) in [6.45, 7) is 7.33. The summed E-state index contributed by atoms with van der Waals surface area (Å²) in [6.07, 6.45) is 4.98. The van der Waals surface area contributed by atoms with Crippen molar-refractivity contribution in [3.8, 4) is 0 Å². The second-order valence-corrected chi connectivity index (χ2v) is 5.48. The fourth-order valence-corrected chi connectivity index (χ4v) is 2.43. The molecule has 21 heavy (non-hydrogen) atoms. The van der Waals surface area contributed by atoms with E-state index in [1.54, 1.807) is 0 Å². The van der Waals surface area contributed by atoms with Crippen LogP contribution in [0.2, 0.25) is 0 Å². The summed E-state index contributed by atoms with van der Waals surface area (Å²) < 4.78 is 0. The van der Waals surface area contributed by atoms with Gasteiger partial charge in [0.2, 0.25) is 5.95 Å². The molecule has 2 rings (SSSR count). The largest absolute Gasteiger partial charge is 0.367 e. The summed E-state index contributed by atoms with van der Waals surface area (Å²) in [5, 5.41) is 7.84. The Labute approximate surface area is 127 Å². The van der Waals surface area contributed by atoms with Crippen molar-refractivity contribution in [3.05, 3.63) is 24.3 Å². The summed E-state index contributed by atoms with van der Waals surface area (Å²) in [6, 6.07) is 8.58. The molecule has 1 unspecified atom stereocenters. The molecule has 0 amide bonds. The van der Waals surface area contributed by atoms with Crippen LogP contribution in [0.3, 0.4) is 0 Å². The smallest absolute Gasteiger partial charge is 0.225 e. The van der Waals surface area contributed by atoms with Crippen LogP contribution in [0.4, 0.5) is 11.8 Å². The first kappa shape index (κ1) is 15.5. The van der Waals surface area contributed by atoms with E-state index in [0.717, 1.165) is 23.3 Å². The molecule has 0 bridgehead atoms. The number of unbranched alkanes of at least 4 members (excludes halogenated alkanes) is 2. The molecular weight excluding hydrogens is 260 g/mol. The van der Waals surface area contributed by atoms with Crippen molar-refractivity contribution >= 4 is 22.7 Å². The molecule has 0 aliphatic heterocycles. The first-order chi connectivity index (χ1) is 10.2. The van der Waals surface area contributed by atoms with Gasteiger partial charge < -0.3 is 10.6 Å². The fourth-order valence-electron chi connectivity index (χ4n) is 2.43. The summed E-state index contributed by atoms with van der Waals surface area (Å²) in [5.74, 6) is 1.63. The lowest BCUT2D eigenvalue weighted by molar-refractivity contribution is 0.614. The quantitative estimate of drug-likeness (QED) is 0.704. The highest BCUT2D eigenvalue weighted by Crippen LogP contribution is 2.23. The van der Waals surface area contributed by atoms with E-state index in [1.165, 1.54) is 25.7 Å². The molecule has 0 radical (unpaired) electrons. The maximum Gasteiger partial charge on any atom is 0.225 e. The fraction of sp³-hybridized carbons (Fsp3) is 0.529. The van der Waals surface area contributed by atoms with Crippen LogP contribution in [0, 0.1) is 0 Å². The molecule has 0 saturated heterocycles. The Morgan fingerprint density at radius 2 is 1.90 bits per heavy atom. The Morgan fingerprint density at radius 1 is 1.10 bits per heavy atom. The highest BCUT2D eigenvalue weighted by molar-refractivity contribution is 5.90. The van der Waals surface area contributed by atoms with E-state index in [0.29, 0.717) is 12.0 Å². The van der Waals surface area contributed by atoms with Crippen LogP contribution in [-0.4, -0.2) is 22.6 Å². The van der Waals surface area contributed by atoms with Crippen molar-refractivity contribution in [1.29, 1.82) is 0 Å². The number of para-hydroxylation sites is 1. The average molecular weight is 286 g/mol. The minimum absolute atomic E-state index is 0.421. The zero-order chi connectivity index (χ0) is 15.1. The third kappa shape index (κ3) is 4.31. The molecule has 1 heterocycles. The molecule has 0 aliphatic rings. The lowest BCUT2D eigenvalue weighted by atomic mass is 10.1. The van der Waals surface area contributed by atoms with Crippen molar-refractivity contribution in [2.75, 3.05) is 17.2 Å². The standard InChI is InChI=1S/C17H26N4/c1-4-6-7-10-13(3)19-16-14-11-8-9-12-15(14)20-17(21-16)18-5-2/h8-9,11-13H,4-7,10H2,1-3H3,(H2,18,19,20,21). The zero-order valence-corrected chi connectivity index (χ0v) is 13.3. The van der Waals surface area contributed by atoms with Crippen molar-refractivity contribution in [2.45, 2.75) is 52.5 Å². The van der Waals surface area contributed by atoms with Crippen LogP contribution in [0.1, 0.15) is 46.5 Å². The lowest BCUT2D eigenvalue weighted by Crippen LogP contribution is -2.17. The molecule has 0 aliphatic carbocycles. The Hall–Kier alpha value is -1.84. The second-order valence-electron chi connectivity index (χ2n) is 5.48. The molecule has 4 nitrogen and oxygen atoms in total. The summed E-state index contributed by atoms with van der Waals surface area (Å²) in [4.78, 5) is 9.17. The number of aromatic nitrogens is 2. The normalized spacial score (nSPS) is 12.3. The molecule has 0 saturated carbocycles. The van der Waals surface area contributed by atoms with Gasteiger partial charge in [0.1, 0.15) is 5.82 Å². The van der Waals surface area contributed by atoms with Crippen LogP contribution in [0.15, 0.2) is 24.3 Å². The summed E-state index contributed by atoms with van der Waals surface area (Å²) in [5.41, 5.74) is 0.978. The van der Waals surface area contributed by atoms with Gasteiger partial charge >= 0.3 is 0 Å². The topological polar surface area (TPSA) is 49.8 Å². The number of nitrogens with zero attached hydrogens (tertiary/aromatic N) is 2. The number of benzene rings is 1. The molecular formula is C17H26N4. The first-order valence-electron chi connectivity index (χ1n) is 8.01. The lowest BCUT2D eigenvalue weighted by Gasteiger charge is -2.16. The van der Waals surface area contributed by atoms with E-state index in [9.17, 15) is 0 Å². The van der Waals surface area contributed by atoms with Gasteiger partial charge in [0.05, 0.1) is 5.52 Å². The van der Waals surface area contributed by atoms with Crippen molar-refractivity contribution in [3.63, 3.8) is 0 Å². The number of hydrogen-bond acceptors (Lipinski definition) is 4. The molecule has 4 heteroatoms. The number of hydrogen-bond donors (Lipinski definition) is 2. The maximum absolute atomic E-state index is 4.63. The SMILES string of the molecule is CCCCCC(C)Nc1nc(NCC)nc2ccccc12. The summed E-state index contributed by atoms with van der Waals surface area (Å²) in [7, 11) is 0. The van der Waals surface area contributed by atoms with E-state index >= 15 is 0 Å². The monoisotopic (exact) mass is 286 g/mol. The minimum atomic E-state index is 0.421. The minimum Gasteiger partial charge on any atom is -0.367 e. The van der Waals surface area contributed by atoms with Crippen LogP contribution in [0.25, 0.3) is 10.9 Å². The van der Waals surface area contributed by atoms with Gasteiger partial charge in [-0.1, -0.05) is 38.3 Å². The third-order valence-electron chi connectivity index (χ3n) is 3.56. The van der Waals surface area contributed by atoms with E-state index < -0.39 is 0 Å². The highest BCUT2D eigenvalue weighted by Gasteiger charge is 2.09. The maximum atomic E-state index is 4.63. The molecule has 2 aromatic rings. The van der Waals surface area contributed by atoms with Gasteiger partial charge in [-0.05, 0) is 32.4 Å². The molecule has 0 spiro atoms. The van der Waals surface area contributed by atoms with Gasteiger partial charge in [-0.15, -0.1) is 0 Å². The van der Waals surface area contributed by atoms with Crippen LogP contribution >= 0.6 is 0 Å². The second kappa shape index (κ2) is 7.81. The molecule has 2 N–H and O–H groups in total. The van der Waals surface area contributed by atoms with E-state index in [1.807, 2.05) is 18.2 Å². The zero-order valence-electron chi connectivity index (χ0n) is 13.3. The third-order valence-corrected chi connectivity index (χ3v) is 3.56. The number of nitrogens with one attached hydrogen (secondary N) is 2. The molecule has 1 aromatic heterocycles. The van der Waals surface area contributed by atoms with E-state index in [2.05, 4.69) is 47.4 Å². The van der Waals surface area contributed by atoms with Crippen LogP contribution in [0.5, 0.6) is 0 Å².